The second kappa shape index (κ2) is 5.58. The van der Waals surface area contributed by atoms with Gasteiger partial charge in [0.25, 0.3) is 0 Å². The molecule has 0 saturated heterocycles. The number of benzene rings is 1. The first-order chi connectivity index (χ1) is 10.9. The number of halogens is 2. The van der Waals surface area contributed by atoms with Gasteiger partial charge in [0.1, 0.15) is 11.6 Å². The van der Waals surface area contributed by atoms with E-state index in [1.54, 1.807) is 0 Å². The van der Waals surface area contributed by atoms with Gasteiger partial charge in [-0.25, -0.2) is 8.78 Å². The van der Waals surface area contributed by atoms with Gasteiger partial charge in [-0.2, -0.15) is 0 Å². The van der Waals surface area contributed by atoms with Crippen LogP contribution in [-0.4, -0.2) is 23.5 Å². The minimum absolute atomic E-state index is 0.0612. The Morgan fingerprint density at radius 1 is 1.13 bits per heavy atom. The van der Waals surface area contributed by atoms with Crippen molar-refractivity contribution >= 4 is 11.9 Å². The summed E-state index contributed by atoms with van der Waals surface area (Å²) >= 11 is 0. The summed E-state index contributed by atoms with van der Waals surface area (Å²) in [5.41, 5.74) is -1.68. The number of aliphatic carboxylic acids is 1. The van der Waals surface area contributed by atoms with Gasteiger partial charge in [0, 0.05) is 18.2 Å². The summed E-state index contributed by atoms with van der Waals surface area (Å²) in [5.74, 6) is -2.66. The fourth-order valence-corrected chi connectivity index (χ4v) is 3.51. The maximum absolute atomic E-state index is 14.2. The average Bonchev–Trinajstić information content (AvgIpc) is 3.14. The fourth-order valence-electron chi connectivity index (χ4n) is 3.51. The standard InChI is InChI=1S/C17H19F2NO3/c18-11-3-4-12(13(19)9-11)17(5-1-2-6-17)14(21)20-10-16(7-8-16)15(22)23/h3-4,9H,1-2,5-8,10H2,(H,20,21)(H,22,23). The molecule has 0 bridgehead atoms. The number of hydrogen-bond acceptors (Lipinski definition) is 2. The molecule has 1 aromatic carbocycles. The Kier molecular flexibility index (Phi) is 3.86. The molecule has 1 amide bonds. The summed E-state index contributed by atoms with van der Waals surface area (Å²) in [6.45, 7) is 0.0612. The Morgan fingerprint density at radius 3 is 2.30 bits per heavy atom. The molecule has 0 unspecified atom stereocenters. The van der Waals surface area contributed by atoms with Crippen molar-refractivity contribution in [2.24, 2.45) is 5.41 Å². The van der Waals surface area contributed by atoms with E-state index in [9.17, 15) is 23.5 Å². The van der Waals surface area contributed by atoms with Crippen LogP contribution in [0.4, 0.5) is 8.78 Å². The summed E-state index contributed by atoms with van der Waals surface area (Å²) < 4.78 is 27.4. The lowest BCUT2D eigenvalue weighted by atomic mass is 9.77. The Labute approximate surface area is 132 Å². The smallest absolute Gasteiger partial charge is 0.311 e. The predicted molar refractivity (Wildman–Crippen MR) is 78.8 cm³/mol. The van der Waals surface area contributed by atoms with Crippen LogP contribution in [0.1, 0.15) is 44.1 Å². The lowest BCUT2D eigenvalue weighted by molar-refractivity contribution is -0.143. The van der Waals surface area contributed by atoms with Crippen LogP contribution in [0.5, 0.6) is 0 Å². The van der Waals surface area contributed by atoms with Gasteiger partial charge < -0.3 is 10.4 Å². The molecule has 0 aromatic heterocycles. The first-order valence-corrected chi connectivity index (χ1v) is 7.87. The molecule has 4 nitrogen and oxygen atoms in total. The monoisotopic (exact) mass is 323 g/mol. The van der Waals surface area contributed by atoms with E-state index in [2.05, 4.69) is 5.32 Å². The molecule has 0 spiro atoms. The SMILES string of the molecule is O=C(O)C1(CNC(=O)C2(c3ccc(F)cc3F)CCCC2)CC1. The number of nitrogens with one attached hydrogen (secondary N) is 1. The molecule has 0 radical (unpaired) electrons. The fraction of sp³-hybridized carbons (Fsp3) is 0.529. The van der Waals surface area contributed by atoms with Crippen molar-refractivity contribution in [3.63, 3.8) is 0 Å². The van der Waals surface area contributed by atoms with Crippen molar-refractivity contribution in [2.75, 3.05) is 6.54 Å². The largest absolute Gasteiger partial charge is 0.481 e. The number of hydrogen-bond donors (Lipinski definition) is 2. The molecule has 6 heteroatoms. The third kappa shape index (κ3) is 2.71. The highest BCUT2D eigenvalue weighted by atomic mass is 19.1. The van der Waals surface area contributed by atoms with E-state index in [0.717, 1.165) is 25.0 Å². The van der Waals surface area contributed by atoms with Gasteiger partial charge in [0.05, 0.1) is 10.8 Å². The Balaban J connectivity index is 1.83. The van der Waals surface area contributed by atoms with E-state index in [4.69, 9.17) is 0 Å². The highest BCUT2D eigenvalue weighted by molar-refractivity contribution is 5.89. The Morgan fingerprint density at radius 2 is 1.78 bits per heavy atom. The molecule has 124 valence electrons. The number of carboxylic acid groups (broad SMARTS) is 1. The van der Waals surface area contributed by atoms with Gasteiger partial charge in [0.2, 0.25) is 5.91 Å². The van der Waals surface area contributed by atoms with Crippen molar-refractivity contribution in [2.45, 2.75) is 43.9 Å². The van der Waals surface area contributed by atoms with E-state index >= 15 is 0 Å². The van der Waals surface area contributed by atoms with Crippen molar-refractivity contribution in [3.05, 3.63) is 35.4 Å². The highest BCUT2D eigenvalue weighted by Crippen LogP contribution is 2.46. The van der Waals surface area contributed by atoms with Gasteiger partial charge in [-0.05, 0) is 31.7 Å². The molecule has 2 saturated carbocycles. The maximum atomic E-state index is 14.2. The third-order valence-corrected chi connectivity index (χ3v) is 5.23. The van der Waals surface area contributed by atoms with E-state index in [0.29, 0.717) is 25.7 Å². The quantitative estimate of drug-likeness (QED) is 0.875. The van der Waals surface area contributed by atoms with Crippen LogP contribution in [-0.2, 0) is 15.0 Å². The summed E-state index contributed by atoms with van der Waals surface area (Å²) in [6, 6.07) is 3.29. The molecule has 2 N–H and O–H groups in total. The van der Waals surface area contributed by atoms with Crippen LogP contribution in [0.3, 0.4) is 0 Å². The Hall–Kier alpha value is -1.98. The highest BCUT2D eigenvalue weighted by Gasteiger charge is 2.52. The van der Waals surface area contributed by atoms with Gasteiger partial charge in [-0.1, -0.05) is 18.9 Å². The molecular weight excluding hydrogens is 304 g/mol. The number of rotatable bonds is 5. The Bertz CT molecular complexity index is 649. The van der Waals surface area contributed by atoms with Crippen LogP contribution in [0.15, 0.2) is 18.2 Å². The zero-order chi connectivity index (χ0) is 16.7. The minimum atomic E-state index is -1.02. The van der Waals surface area contributed by atoms with E-state index in [-0.39, 0.29) is 18.0 Å². The second-order valence-electron chi connectivity index (χ2n) is 6.68. The molecular formula is C17H19F2NO3. The zero-order valence-corrected chi connectivity index (χ0v) is 12.7. The van der Waals surface area contributed by atoms with E-state index in [1.807, 2.05) is 0 Å². The van der Waals surface area contributed by atoms with Crippen molar-refractivity contribution in [3.8, 4) is 0 Å². The number of carbonyl (C=O) groups excluding carboxylic acids is 1. The molecule has 0 atom stereocenters. The molecule has 23 heavy (non-hydrogen) atoms. The third-order valence-electron chi connectivity index (χ3n) is 5.23. The minimum Gasteiger partial charge on any atom is -0.481 e. The molecule has 2 aliphatic carbocycles. The van der Waals surface area contributed by atoms with Gasteiger partial charge >= 0.3 is 5.97 Å². The summed E-state index contributed by atoms with van der Waals surface area (Å²) in [5, 5.41) is 11.9. The number of amides is 1. The first-order valence-electron chi connectivity index (χ1n) is 7.87. The van der Waals surface area contributed by atoms with Crippen LogP contribution < -0.4 is 5.32 Å². The first kappa shape index (κ1) is 15.9. The lowest BCUT2D eigenvalue weighted by Gasteiger charge is -2.29. The van der Waals surface area contributed by atoms with Gasteiger partial charge in [0.15, 0.2) is 0 Å². The maximum Gasteiger partial charge on any atom is 0.311 e. The summed E-state index contributed by atoms with van der Waals surface area (Å²) in [4.78, 5) is 23.9. The van der Waals surface area contributed by atoms with Gasteiger partial charge in [-0.3, -0.25) is 9.59 Å². The van der Waals surface area contributed by atoms with Crippen LogP contribution >= 0.6 is 0 Å². The predicted octanol–water partition coefficient (Wildman–Crippen LogP) is 2.76. The van der Waals surface area contributed by atoms with E-state index in [1.165, 1.54) is 6.07 Å². The molecule has 0 heterocycles. The van der Waals surface area contributed by atoms with Crippen molar-refractivity contribution in [1.29, 1.82) is 0 Å². The normalized spacial score (nSPS) is 21.0. The van der Waals surface area contributed by atoms with E-state index < -0.39 is 28.4 Å². The zero-order valence-electron chi connectivity index (χ0n) is 12.7. The van der Waals surface area contributed by atoms with Crippen LogP contribution in [0, 0.1) is 17.0 Å². The van der Waals surface area contributed by atoms with Crippen molar-refractivity contribution < 1.29 is 23.5 Å². The van der Waals surface area contributed by atoms with Crippen molar-refractivity contribution in [1.82, 2.24) is 5.32 Å². The topological polar surface area (TPSA) is 66.4 Å². The molecule has 0 aliphatic heterocycles. The van der Waals surface area contributed by atoms with Crippen LogP contribution in [0.25, 0.3) is 0 Å². The molecule has 3 rings (SSSR count). The van der Waals surface area contributed by atoms with Gasteiger partial charge in [-0.15, -0.1) is 0 Å². The number of carbonyl (C=O) groups is 2. The average molecular weight is 323 g/mol. The summed E-state index contributed by atoms with van der Waals surface area (Å²) in [6.07, 6.45) is 3.63. The number of carboxylic acids is 1. The molecule has 2 aliphatic rings. The summed E-state index contributed by atoms with van der Waals surface area (Å²) in [7, 11) is 0. The molecule has 2 fully saturated rings. The lowest BCUT2D eigenvalue weighted by Crippen LogP contribution is -2.46. The van der Waals surface area contributed by atoms with Crippen LogP contribution in [0.2, 0.25) is 0 Å². The molecule has 1 aromatic rings. The second-order valence-corrected chi connectivity index (χ2v) is 6.68.